The van der Waals surface area contributed by atoms with E-state index in [1.165, 1.54) is 0 Å². The van der Waals surface area contributed by atoms with E-state index in [0.717, 1.165) is 18.3 Å². The Labute approximate surface area is 141 Å². The first-order chi connectivity index (χ1) is 11.3. The maximum Gasteiger partial charge on any atom is 0.433 e. The van der Waals surface area contributed by atoms with Crippen molar-refractivity contribution in [2.24, 2.45) is 0 Å². The first-order valence-electron chi connectivity index (χ1n) is 7.02. The molecule has 2 aromatic rings. The van der Waals surface area contributed by atoms with Crippen molar-refractivity contribution in [2.75, 3.05) is 6.54 Å². The van der Waals surface area contributed by atoms with Gasteiger partial charge in [-0.3, -0.25) is 9.78 Å². The van der Waals surface area contributed by atoms with Gasteiger partial charge in [-0.25, -0.2) is 0 Å². The number of nitrogens with zero attached hydrogens (tertiary/aromatic N) is 1. The molecule has 1 aromatic heterocycles. The number of aliphatic hydroxyl groups excluding tert-OH is 1. The summed E-state index contributed by atoms with van der Waals surface area (Å²) >= 11 is 5.83. The molecule has 8 heteroatoms. The van der Waals surface area contributed by atoms with E-state index >= 15 is 0 Å². The number of aromatic nitrogens is 1. The molecule has 0 aliphatic heterocycles. The van der Waals surface area contributed by atoms with Gasteiger partial charge in [-0.15, -0.1) is 0 Å². The Kier molecular flexibility index (Phi) is 5.80. The van der Waals surface area contributed by atoms with Gasteiger partial charge in [0.05, 0.1) is 11.7 Å². The third-order valence-electron chi connectivity index (χ3n) is 3.25. The first-order valence-corrected chi connectivity index (χ1v) is 7.40. The lowest BCUT2D eigenvalue weighted by molar-refractivity contribution is -0.141. The molecule has 0 saturated carbocycles. The van der Waals surface area contributed by atoms with Gasteiger partial charge in [-0.1, -0.05) is 23.7 Å². The van der Waals surface area contributed by atoms with Crippen LogP contribution in [0.15, 0.2) is 42.6 Å². The van der Waals surface area contributed by atoms with Crippen LogP contribution >= 0.6 is 11.6 Å². The van der Waals surface area contributed by atoms with Crippen LogP contribution in [-0.4, -0.2) is 22.5 Å². The first kappa shape index (κ1) is 18.2. The summed E-state index contributed by atoms with van der Waals surface area (Å²) in [6, 6.07) is 8.50. The number of rotatable bonds is 5. The van der Waals surface area contributed by atoms with Crippen LogP contribution in [0.25, 0.3) is 0 Å². The van der Waals surface area contributed by atoms with Crippen molar-refractivity contribution >= 4 is 17.5 Å². The molecule has 4 nitrogen and oxygen atoms in total. The van der Waals surface area contributed by atoms with Crippen molar-refractivity contribution in [3.8, 4) is 0 Å². The SMILES string of the molecule is O=C(NCCC(O)c1cccc(Cl)c1)c1ccc(C(F)(F)F)nc1. The zero-order valence-corrected chi connectivity index (χ0v) is 13.1. The van der Waals surface area contributed by atoms with Crippen molar-refractivity contribution in [1.29, 1.82) is 0 Å². The molecule has 0 radical (unpaired) electrons. The predicted octanol–water partition coefficient (Wildman–Crippen LogP) is 3.61. The lowest BCUT2D eigenvalue weighted by atomic mass is 10.1. The molecule has 0 bridgehead atoms. The van der Waals surface area contributed by atoms with Gasteiger partial charge in [0.2, 0.25) is 0 Å². The summed E-state index contributed by atoms with van der Waals surface area (Å²) in [7, 11) is 0. The Bertz CT molecular complexity index is 705. The molecule has 1 unspecified atom stereocenters. The fourth-order valence-corrected chi connectivity index (χ4v) is 2.20. The maximum absolute atomic E-state index is 12.4. The van der Waals surface area contributed by atoms with Crippen molar-refractivity contribution in [2.45, 2.75) is 18.7 Å². The normalized spacial score (nSPS) is 12.7. The number of nitrogens with one attached hydrogen (secondary N) is 1. The van der Waals surface area contributed by atoms with Crippen molar-refractivity contribution in [3.63, 3.8) is 0 Å². The van der Waals surface area contributed by atoms with Gasteiger partial charge in [0.25, 0.3) is 5.91 Å². The highest BCUT2D eigenvalue weighted by atomic mass is 35.5. The van der Waals surface area contributed by atoms with E-state index in [1.807, 2.05) is 0 Å². The van der Waals surface area contributed by atoms with Crippen molar-refractivity contribution in [3.05, 3.63) is 64.4 Å². The van der Waals surface area contributed by atoms with Crippen LogP contribution in [-0.2, 0) is 6.18 Å². The summed E-state index contributed by atoms with van der Waals surface area (Å²) < 4.78 is 37.2. The van der Waals surface area contributed by atoms with Gasteiger partial charge in [-0.2, -0.15) is 13.2 Å². The average molecular weight is 359 g/mol. The largest absolute Gasteiger partial charge is 0.433 e. The quantitative estimate of drug-likeness (QED) is 0.858. The summed E-state index contributed by atoms with van der Waals surface area (Å²) in [4.78, 5) is 15.1. The smallest absolute Gasteiger partial charge is 0.388 e. The number of aliphatic hydroxyl groups is 1. The van der Waals surface area contributed by atoms with E-state index in [1.54, 1.807) is 24.3 Å². The Balaban J connectivity index is 1.87. The van der Waals surface area contributed by atoms with Crippen LogP contribution in [0.3, 0.4) is 0 Å². The number of pyridine rings is 1. The Morgan fingerprint density at radius 1 is 1.29 bits per heavy atom. The molecular formula is C16H14ClF3N2O2. The van der Waals surface area contributed by atoms with Crippen LogP contribution in [0.1, 0.15) is 34.1 Å². The predicted molar refractivity (Wildman–Crippen MR) is 82.6 cm³/mol. The molecule has 1 heterocycles. The third-order valence-corrected chi connectivity index (χ3v) is 3.49. The van der Waals surface area contributed by atoms with Gasteiger partial charge in [-0.05, 0) is 36.2 Å². The molecule has 0 aliphatic rings. The topological polar surface area (TPSA) is 62.2 Å². The summed E-state index contributed by atoms with van der Waals surface area (Å²) in [6.45, 7) is 0.146. The summed E-state index contributed by atoms with van der Waals surface area (Å²) in [6.07, 6.45) is -4.25. The molecule has 0 fully saturated rings. The molecule has 0 aliphatic carbocycles. The fourth-order valence-electron chi connectivity index (χ4n) is 2.00. The summed E-state index contributed by atoms with van der Waals surface area (Å²) in [5.74, 6) is -0.561. The minimum Gasteiger partial charge on any atom is -0.388 e. The second-order valence-corrected chi connectivity index (χ2v) is 5.48. The Morgan fingerprint density at radius 2 is 2.04 bits per heavy atom. The van der Waals surface area contributed by atoms with Gasteiger partial charge < -0.3 is 10.4 Å². The van der Waals surface area contributed by atoms with E-state index in [2.05, 4.69) is 10.3 Å². The average Bonchev–Trinajstić information content (AvgIpc) is 2.54. The third kappa shape index (κ3) is 4.94. The summed E-state index contributed by atoms with van der Waals surface area (Å²) in [5.41, 5.74) is -0.427. The van der Waals surface area contributed by atoms with E-state index < -0.39 is 23.9 Å². The van der Waals surface area contributed by atoms with E-state index in [-0.39, 0.29) is 18.5 Å². The molecule has 2 rings (SSSR count). The maximum atomic E-state index is 12.4. The number of hydrogen-bond donors (Lipinski definition) is 2. The van der Waals surface area contributed by atoms with Crippen LogP contribution in [0, 0.1) is 0 Å². The lowest BCUT2D eigenvalue weighted by Crippen LogP contribution is -2.26. The summed E-state index contributed by atoms with van der Waals surface area (Å²) in [5, 5.41) is 13.0. The molecule has 128 valence electrons. The Morgan fingerprint density at radius 3 is 2.62 bits per heavy atom. The van der Waals surface area contributed by atoms with Crippen LogP contribution in [0.5, 0.6) is 0 Å². The number of amides is 1. The van der Waals surface area contributed by atoms with Crippen LogP contribution in [0.4, 0.5) is 13.2 Å². The fraction of sp³-hybridized carbons (Fsp3) is 0.250. The standard InChI is InChI=1S/C16H14ClF3N2O2/c17-12-3-1-2-10(8-12)13(23)6-7-21-15(24)11-4-5-14(22-9-11)16(18,19)20/h1-5,8-9,13,23H,6-7H2,(H,21,24). The van der Waals surface area contributed by atoms with Crippen LogP contribution < -0.4 is 5.32 Å². The second-order valence-electron chi connectivity index (χ2n) is 5.05. The number of carbonyl (C=O) groups is 1. The molecule has 2 N–H and O–H groups in total. The molecule has 0 spiro atoms. The zero-order chi connectivity index (χ0) is 17.7. The molecule has 24 heavy (non-hydrogen) atoms. The van der Waals surface area contributed by atoms with E-state index in [0.29, 0.717) is 10.6 Å². The highest BCUT2D eigenvalue weighted by Crippen LogP contribution is 2.27. The zero-order valence-electron chi connectivity index (χ0n) is 12.3. The monoisotopic (exact) mass is 358 g/mol. The lowest BCUT2D eigenvalue weighted by Gasteiger charge is -2.12. The minimum absolute atomic E-state index is 0.0141. The van der Waals surface area contributed by atoms with E-state index in [9.17, 15) is 23.1 Å². The number of hydrogen-bond acceptors (Lipinski definition) is 3. The molecule has 1 amide bonds. The highest BCUT2D eigenvalue weighted by molar-refractivity contribution is 6.30. The van der Waals surface area contributed by atoms with Gasteiger partial charge in [0.15, 0.2) is 0 Å². The van der Waals surface area contributed by atoms with Crippen molar-refractivity contribution in [1.82, 2.24) is 10.3 Å². The molecule has 1 atom stereocenters. The van der Waals surface area contributed by atoms with E-state index in [4.69, 9.17) is 11.6 Å². The Hall–Kier alpha value is -2.12. The highest BCUT2D eigenvalue weighted by Gasteiger charge is 2.32. The number of halogens is 4. The molecular weight excluding hydrogens is 345 g/mol. The minimum atomic E-state index is -4.55. The number of alkyl halides is 3. The molecule has 1 aromatic carbocycles. The second kappa shape index (κ2) is 7.63. The van der Waals surface area contributed by atoms with Crippen molar-refractivity contribution < 1.29 is 23.1 Å². The van der Waals surface area contributed by atoms with Gasteiger partial charge >= 0.3 is 6.18 Å². The van der Waals surface area contributed by atoms with Gasteiger partial charge in [0.1, 0.15) is 5.69 Å². The van der Waals surface area contributed by atoms with Crippen LogP contribution in [0.2, 0.25) is 5.02 Å². The number of benzene rings is 1. The van der Waals surface area contributed by atoms with Gasteiger partial charge in [0, 0.05) is 17.8 Å². The molecule has 0 saturated heterocycles. The number of carbonyl (C=O) groups excluding carboxylic acids is 1.